The van der Waals surface area contributed by atoms with Crippen LogP contribution in [0.3, 0.4) is 0 Å². The number of carbonyl (C=O) groups is 1. The van der Waals surface area contributed by atoms with Crippen LogP contribution >= 0.6 is 0 Å². The molecule has 5 nitrogen and oxygen atoms in total. The predicted octanol–water partition coefficient (Wildman–Crippen LogP) is 0.374. The van der Waals surface area contributed by atoms with Crippen LogP contribution < -0.4 is 0 Å². The number of esters is 1. The minimum atomic E-state index is -0.420. The summed E-state index contributed by atoms with van der Waals surface area (Å²) in [5.41, 5.74) is 0.451. The van der Waals surface area contributed by atoms with Gasteiger partial charge in [0, 0.05) is 6.20 Å². The fraction of sp³-hybridized carbons (Fsp3) is 0.222. The Morgan fingerprint density at radius 2 is 2.50 bits per heavy atom. The number of rotatable bonds is 2. The van der Waals surface area contributed by atoms with Gasteiger partial charge in [-0.2, -0.15) is 5.26 Å². The summed E-state index contributed by atoms with van der Waals surface area (Å²) in [6.45, 7) is 0. The van der Waals surface area contributed by atoms with Crippen LogP contribution in [0, 0.1) is 11.3 Å². The molecule has 5 heteroatoms. The Morgan fingerprint density at radius 3 is 3.00 bits per heavy atom. The van der Waals surface area contributed by atoms with Crippen LogP contribution in [0.4, 0.5) is 0 Å². The van der Waals surface area contributed by atoms with E-state index in [1.807, 2.05) is 0 Å². The largest absolute Gasteiger partial charge is 0.505 e. The van der Waals surface area contributed by atoms with Crippen molar-refractivity contribution in [3.63, 3.8) is 0 Å². The van der Waals surface area contributed by atoms with E-state index in [9.17, 15) is 9.90 Å². The summed E-state index contributed by atoms with van der Waals surface area (Å²) < 4.78 is 4.44. The first-order chi connectivity index (χ1) is 6.67. The van der Waals surface area contributed by atoms with Crippen molar-refractivity contribution in [1.29, 1.82) is 5.26 Å². The average Bonchev–Trinajstić information content (AvgIpc) is 2.18. The molecule has 0 amide bonds. The SMILES string of the molecule is COC(=O)Cc1cnc(C#N)c(O)c1. The first kappa shape index (κ1) is 9.99. The quantitative estimate of drug-likeness (QED) is 0.684. The van der Waals surface area contributed by atoms with Crippen molar-refractivity contribution in [3.05, 3.63) is 23.5 Å². The van der Waals surface area contributed by atoms with E-state index in [1.54, 1.807) is 6.07 Å². The Morgan fingerprint density at radius 1 is 1.79 bits per heavy atom. The number of aromatic nitrogens is 1. The lowest BCUT2D eigenvalue weighted by Gasteiger charge is -2.00. The second-order valence-electron chi connectivity index (χ2n) is 2.58. The zero-order valence-electron chi connectivity index (χ0n) is 7.52. The Hall–Kier alpha value is -2.09. The zero-order chi connectivity index (χ0) is 10.6. The number of nitrogens with zero attached hydrogens (tertiary/aromatic N) is 2. The smallest absolute Gasteiger partial charge is 0.310 e. The molecule has 1 heterocycles. The van der Waals surface area contributed by atoms with Gasteiger partial charge in [-0.1, -0.05) is 0 Å². The molecule has 1 aromatic rings. The van der Waals surface area contributed by atoms with E-state index >= 15 is 0 Å². The maximum atomic E-state index is 10.9. The van der Waals surface area contributed by atoms with Crippen molar-refractivity contribution in [2.45, 2.75) is 6.42 Å². The van der Waals surface area contributed by atoms with E-state index < -0.39 is 5.97 Å². The molecule has 0 fully saturated rings. The van der Waals surface area contributed by atoms with Crippen molar-refractivity contribution >= 4 is 5.97 Å². The highest BCUT2D eigenvalue weighted by atomic mass is 16.5. The van der Waals surface area contributed by atoms with Gasteiger partial charge in [-0.15, -0.1) is 0 Å². The van der Waals surface area contributed by atoms with Crippen LogP contribution in [-0.2, 0) is 16.0 Å². The second-order valence-corrected chi connectivity index (χ2v) is 2.58. The Labute approximate surface area is 80.6 Å². The van der Waals surface area contributed by atoms with Gasteiger partial charge >= 0.3 is 5.97 Å². The Bertz CT molecular complexity index is 396. The molecule has 0 aliphatic rings. The number of hydrogen-bond acceptors (Lipinski definition) is 5. The summed E-state index contributed by atoms with van der Waals surface area (Å²) in [5, 5.41) is 17.7. The summed E-state index contributed by atoms with van der Waals surface area (Å²) in [4.78, 5) is 14.5. The fourth-order valence-electron chi connectivity index (χ4n) is 0.916. The molecule has 0 aliphatic heterocycles. The van der Waals surface area contributed by atoms with Crippen LogP contribution in [0.15, 0.2) is 12.3 Å². The van der Waals surface area contributed by atoms with Gasteiger partial charge in [0.15, 0.2) is 11.4 Å². The molecular formula is C9H8N2O3. The van der Waals surface area contributed by atoms with Crippen LogP contribution in [0.5, 0.6) is 5.75 Å². The van der Waals surface area contributed by atoms with Crippen molar-refractivity contribution in [2.24, 2.45) is 0 Å². The van der Waals surface area contributed by atoms with Crippen LogP contribution in [0.2, 0.25) is 0 Å². The Kier molecular flexibility index (Phi) is 3.02. The van der Waals surface area contributed by atoms with E-state index in [0.717, 1.165) is 0 Å². The summed E-state index contributed by atoms with van der Waals surface area (Å²) in [6, 6.07) is 3.03. The number of hydrogen-bond donors (Lipinski definition) is 1. The molecule has 0 aromatic carbocycles. The molecule has 1 N–H and O–H groups in total. The molecule has 14 heavy (non-hydrogen) atoms. The van der Waals surface area contributed by atoms with Gasteiger partial charge in [-0.25, -0.2) is 4.98 Å². The normalized spacial score (nSPS) is 9.14. The fourth-order valence-corrected chi connectivity index (χ4v) is 0.916. The Balaban J connectivity index is 2.88. The van der Waals surface area contributed by atoms with Gasteiger partial charge in [0.25, 0.3) is 0 Å². The molecule has 0 radical (unpaired) electrons. The standard InChI is InChI=1S/C9H8N2O3/c1-14-9(13)3-6-2-8(12)7(4-10)11-5-6/h2,5,12H,3H2,1H3. The lowest BCUT2D eigenvalue weighted by atomic mass is 10.2. The number of methoxy groups -OCH3 is 1. The van der Waals surface area contributed by atoms with Gasteiger partial charge in [0.2, 0.25) is 0 Å². The summed E-state index contributed by atoms with van der Waals surface area (Å²) in [7, 11) is 1.28. The number of aromatic hydroxyl groups is 1. The van der Waals surface area contributed by atoms with Crippen LogP contribution in [0.25, 0.3) is 0 Å². The minimum Gasteiger partial charge on any atom is -0.505 e. The molecule has 72 valence electrons. The molecule has 0 saturated heterocycles. The first-order valence-electron chi connectivity index (χ1n) is 3.82. The summed E-state index contributed by atoms with van der Waals surface area (Å²) in [6.07, 6.45) is 1.39. The zero-order valence-corrected chi connectivity index (χ0v) is 7.52. The molecule has 0 unspecified atom stereocenters. The van der Waals surface area contributed by atoms with E-state index in [4.69, 9.17) is 5.26 Å². The van der Waals surface area contributed by atoms with E-state index in [0.29, 0.717) is 5.56 Å². The number of ether oxygens (including phenoxy) is 1. The number of carbonyl (C=O) groups excluding carboxylic acids is 1. The van der Waals surface area contributed by atoms with Gasteiger partial charge in [0.05, 0.1) is 13.5 Å². The van der Waals surface area contributed by atoms with Gasteiger partial charge in [0.1, 0.15) is 6.07 Å². The molecule has 1 aromatic heterocycles. The van der Waals surface area contributed by atoms with Gasteiger partial charge in [-0.3, -0.25) is 4.79 Å². The van der Waals surface area contributed by atoms with E-state index in [2.05, 4.69) is 9.72 Å². The highest BCUT2D eigenvalue weighted by molar-refractivity contribution is 5.72. The number of pyridine rings is 1. The van der Waals surface area contributed by atoms with Crippen LogP contribution in [-0.4, -0.2) is 23.2 Å². The minimum absolute atomic E-state index is 0.0305. The van der Waals surface area contributed by atoms with Gasteiger partial charge in [-0.05, 0) is 11.6 Å². The van der Waals surface area contributed by atoms with Crippen molar-refractivity contribution in [1.82, 2.24) is 4.98 Å². The van der Waals surface area contributed by atoms with Crippen molar-refractivity contribution < 1.29 is 14.6 Å². The van der Waals surface area contributed by atoms with E-state index in [1.165, 1.54) is 19.4 Å². The highest BCUT2D eigenvalue weighted by Crippen LogP contribution is 2.15. The first-order valence-corrected chi connectivity index (χ1v) is 3.82. The molecule has 0 spiro atoms. The summed E-state index contributed by atoms with van der Waals surface area (Å²) in [5.74, 6) is -0.648. The number of nitriles is 1. The third kappa shape index (κ3) is 2.20. The lowest BCUT2D eigenvalue weighted by molar-refractivity contribution is -0.139. The van der Waals surface area contributed by atoms with Gasteiger partial charge < -0.3 is 9.84 Å². The molecule has 0 bridgehead atoms. The molecule has 0 atom stereocenters. The maximum absolute atomic E-state index is 10.9. The highest BCUT2D eigenvalue weighted by Gasteiger charge is 2.07. The lowest BCUT2D eigenvalue weighted by Crippen LogP contribution is -2.04. The van der Waals surface area contributed by atoms with E-state index in [-0.39, 0.29) is 17.9 Å². The molecular weight excluding hydrogens is 184 g/mol. The monoisotopic (exact) mass is 192 g/mol. The molecule has 0 saturated carbocycles. The van der Waals surface area contributed by atoms with Crippen LogP contribution in [0.1, 0.15) is 11.3 Å². The topological polar surface area (TPSA) is 83.2 Å². The summed E-state index contributed by atoms with van der Waals surface area (Å²) >= 11 is 0. The molecule has 1 rings (SSSR count). The average molecular weight is 192 g/mol. The third-order valence-electron chi connectivity index (χ3n) is 1.61. The second kappa shape index (κ2) is 4.23. The van der Waals surface area contributed by atoms with Crippen molar-refractivity contribution in [2.75, 3.05) is 7.11 Å². The molecule has 0 aliphatic carbocycles. The predicted molar refractivity (Wildman–Crippen MR) is 46.3 cm³/mol. The van der Waals surface area contributed by atoms with Crippen molar-refractivity contribution in [3.8, 4) is 11.8 Å². The third-order valence-corrected chi connectivity index (χ3v) is 1.61. The maximum Gasteiger partial charge on any atom is 0.310 e.